The van der Waals surface area contributed by atoms with Crippen LogP contribution < -0.4 is 19.5 Å². The summed E-state index contributed by atoms with van der Waals surface area (Å²) < 4.78 is 20.6. The molecule has 0 saturated heterocycles. The van der Waals surface area contributed by atoms with Crippen LogP contribution in [0, 0.1) is 0 Å². The van der Waals surface area contributed by atoms with Gasteiger partial charge >= 0.3 is 5.97 Å². The van der Waals surface area contributed by atoms with Gasteiger partial charge in [-0.2, -0.15) is 0 Å². The van der Waals surface area contributed by atoms with Crippen LogP contribution in [0.2, 0.25) is 5.02 Å². The van der Waals surface area contributed by atoms with Gasteiger partial charge in [-0.05, 0) is 49.4 Å². The molecule has 1 atom stereocenters. The zero-order valence-electron chi connectivity index (χ0n) is 15.2. The number of halogens is 1. The van der Waals surface area contributed by atoms with E-state index in [0.29, 0.717) is 28.0 Å². The lowest BCUT2D eigenvalue weighted by Gasteiger charge is -2.15. The average Bonchev–Trinajstić information content (AvgIpc) is 2.67. The molecule has 0 unspecified atom stereocenters. The Balaban J connectivity index is 1.86. The SMILES string of the molecule is COc1ccc(OCC(=O)O[C@@H](C)C(=O)Nc2cc(Cl)ccc2OC)cc1. The molecule has 0 fully saturated rings. The molecule has 27 heavy (non-hydrogen) atoms. The molecule has 0 aromatic heterocycles. The zero-order chi connectivity index (χ0) is 19.8. The first kappa shape index (κ1) is 20.4. The van der Waals surface area contributed by atoms with E-state index in [1.54, 1.807) is 49.6 Å². The maximum absolute atomic E-state index is 12.2. The van der Waals surface area contributed by atoms with Gasteiger partial charge in [-0.15, -0.1) is 0 Å². The van der Waals surface area contributed by atoms with Crippen molar-refractivity contribution in [3.05, 3.63) is 47.5 Å². The van der Waals surface area contributed by atoms with Crippen LogP contribution in [0.15, 0.2) is 42.5 Å². The van der Waals surface area contributed by atoms with Gasteiger partial charge in [0.1, 0.15) is 17.2 Å². The highest BCUT2D eigenvalue weighted by Gasteiger charge is 2.19. The van der Waals surface area contributed by atoms with Crippen LogP contribution in [0.25, 0.3) is 0 Å². The quantitative estimate of drug-likeness (QED) is 0.693. The van der Waals surface area contributed by atoms with Gasteiger partial charge < -0.3 is 24.3 Å². The second kappa shape index (κ2) is 9.68. The van der Waals surface area contributed by atoms with Crippen LogP contribution in [0.1, 0.15) is 6.92 Å². The fourth-order valence-corrected chi connectivity index (χ4v) is 2.28. The monoisotopic (exact) mass is 393 g/mol. The number of anilines is 1. The molecule has 0 aliphatic carbocycles. The molecule has 8 heteroatoms. The van der Waals surface area contributed by atoms with Crippen molar-refractivity contribution < 1.29 is 28.5 Å². The largest absolute Gasteiger partial charge is 0.497 e. The van der Waals surface area contributed by atoms with E-state index in [-0.39, 0.29) is 6.61 Å². The predicted molar refractivity (Wildman–Crippen MR) is 101 cm³/mol. The van der Waals surface area contributed by atoms with Crippen molar-refractivity contribution in [2.75, 3.05) is 26.1 Å². The molecule has 144 valence electrons. The normalized spacial score (nSPS) is 11.3. The van der Waals surface area contributed by atoms with Crippen LogP contribution in [0.5, 0.6) is 17.2 Å². The van der Waals surface area contributed by atoms with E-state index in [1.807, 2.05) is 0 Å². The summed E-state index contributed by atoms with van der Waals surface area (Å²) in [4.78, 5) is 24.1. The summed E-state index contributed by atoms with van der Waals surface area (Å²) in [5.41, 5.74) is 0.382. The Bertz CT molecular complexity index is 793. The number of carbonyl (C=O) groups is 2. The van der Waals surface area contributed by atoms with Gasteiger partial charge in [0.25, 0.3) is 5.91 Å². The third-order valence-electron chi connectivity index (χ3n) is 3.51. The van der Waals surface area contributed by atoms with Crippen LogP contribution in [-0.2, 0) is 14.3 Å². The van der Waals surface area contributed by atoms with Crippen molar-refractivity contribution in [2.45, 2.75) is 13.0 Å². The summed E-state index contributed by atoms with van der Waals surface area (Å²) in [7, 11) is 3.03. The van der Waals surface area contributed by atoms with Crippen LogP contribution in [0.3, 0.4) is 0 Å². The molecule has 0 aliphatic heterocycles. The highest BCUT2D eigenvalue weighted by atomic mass is 35.5. The smallest absolute Gasteiger partial charge is 0.344 e. The van der Waals surface area contributed by atoms with Crippen molar-refractivity contribution in [3.8, 4) is 17.2 Å². The lowest BCUT2D eigenvalue weighted by molar-refractivity contribution is -0.155. The Hall–Kier alpha value is -2.93. The van der Waals surface area contributed by atoms with E-state index in [4.69, 9.17) is 30.5 Å². The second-order valence-electron chi connectivity index (χ2n) is 5.43. The summed E-state index contributed by atoms with van der Waals surface area (Å²) in [6.07, 6.45) is -1.03. The molecule has 7 nitrogen and oxygen atoms in total. The topological polar surface area (TPSA) is 83.1 Å². The summed E-state index contributed by atoms with van der Waals surface area (Å²) >= 11 is 5.92. The lowest BCUT2D eigenvalue weighted by Crippen LogP contribution is -2.31. The fourth-order valence-electron chi connectivity index (χ4n) is 2.11. The second-order valence-corrected chi connectivity index (χ2v) is 5.87. The van der Waals surface area contributed by atoms with Crippen LogP contribution in [-0.4, -0.2) is 38.8 Å². The molecular weight excluding hydrogens is 374 g/mol. The van der Waals surface area contributed by atoms with E-state index in [0.717, 1.165) is 0 Å². The van der Waals surface area contributed by atoms with Gasteiger partial charge in [-0.3, -0.25) is 4.79 Å². The van der Waals surface area contributed by atoms with Crippen molar-refractivity contribution >= 4 is 29.2 Å². The minimum Gasteiger partial charge on any atom is -0.497 e. The van der Waals surface area contributed by atoms with Crippen molar-refractivity contribution in [1.29, 1.82) is 0 Å². The van der Waals surface area contributed by atoms with Gasteiger partial charge in [0.15, 0.2) is 12.7 Å². The molecule has 0 spiro atoms. The number of esters is 1. The molecular formula is C19H20ClNO6. The minimum atomic E-state index is -1.03. The summed E-state index contributed by atoms with van der Waals surface area (Å²) in [5.74, 6) is 0.397. The van der Waals surface area contributed by atoms with E-state index in [1.165, 1.54) is 14.0 Å². The lowest BCUT2D eigenvalue weighted by atomic mass is 10.2. The average molecular weight is 394 g/mol. The molecule has 0 heterocycles. The first-order valence-corrected chi connectivity index (χ1v) is 8.41. The molecule has 0 radical (unpaired) electrons. The Kier molecular flexibility index (Phi) is 7.31. The Morgan fingerprint density at radius 3 is 2.33 bits per heavy atom. The summed E-state index contributed by atoms with van der Waals surface area (Å²) in [6.45, 7) is 1.13. The van der Waals surface area contributed by atoms with Gasteiger partial charge in [0.05, 0.1) is 19.9 Å². The Labute approximate surface area is 162 Å². The highest BCUT2D eigenvalue weighted by molar-refractivity contribution is 6.31. The molecule has 1 N–H and O–H groups in total. The fraction of sp³-hybridized carbons (Fsp3) is 0.263. The first-order valence-electron chi connectivity index (χ1n) is 8.03. The van der Waals surface area contributed by atoms with Crippen molar-refractivity contribution in [2.24, 2.45) is 0 Å². The van der Waals surface area contributed by atoms with Crippen molar-refractivity contribution in [3.63, 3.8) is 0 Å². The molecule has 0 saturated carbocycles. The highest BCUT2D eigenvalue weighted by Crippen LogP contribution is 2.27. The molecule has 0 bridgehead atoms. The molecule has 2 aromatic rings. The van der Waals surface area contributed by atoms with Gasteiger partial charge in [0, 0.05) is 5.02 Å². The number of amides is 1. The number of rotatable bonds is 8. The van der Waals surface area contributed by atoms with Crippen molar-refractivity contribution in [1.82, 2.24) is 0 Å². The van der Waals surface area contributed by atoms with Gasteiger partial charge in [-0.25, -0.2) is 4.79 Å². The van der Waals surface area contributed by atoms with Crippen LogP contribution >= 0.6 is 11.6 Å². The standard InChI is InChI=1S/C19H20ClNO6/c1-12(19(23)21-16-10-13(20)4-9-17(16)25-3)27-18(22)11-26-15-7-5-14(24-2)6-8-15/h4-10,12H,11H2,1-3H3,(H,21,23)/t12-/m0/s1. The number of methoxy groups -OCH3 is 2. The van der Waals surface area contributed by atoms with E-state index < -0.39 is 18.0 Å². The summed E-state index contributed by atoms with van der Waals surface area (Å²) in [6, 6.07) is 11.5. The maximum Gasteiger partial charge on any atom is 0.344 e. The molecule has 2 rings (SSSR count). The van der Waals surface area contributed by atoms with E-state index >= 15 is 0 Å². The third kappa shape index (κ3) is 6.07. The number of hydrogen-bond acceptors (Lipinski definition) is 6. The van der Waals surface area contributed by atoms with Crippen LogP contribution in [0.4, 0.5) is 5.69 Å². The number of ether oxygens (including phenoxy) is 4. The number of benzene rings is 2. The summed E-state index contributed by atoms with van der Waals surface area (Å²) in [5, 5.41) is 3.05. The van der Waals surface area contributed by atoms with Gasteiger partial charge in [0.2, 0.25) is 0 Å². The maximum atomic E-state index is 12.2. The molecule has 1 amide bonds. The first-order chi connectivity index (χ1) is 12.9. The Morgan fingerprint density at radius 1 is 1.04 bits per heavy atom. The number of nitrogens with one attached hydrogen (secondary N) is 1. The van der Waals surface area contributed by atoms with E-state index in [2.05, 4.69) is 5.32 Å². The predicted octanol–water partition coefficient (Wildman–Crippen LogP) is 3.31. The van der Waals surface area contributed by atoms with Gasteiger partial charge in [-0.1, -0.05) is 11.6 Å². The Morgan fingerprint density at radius 2 is 1.70 bits per heavy atom. The zero-order valence-corrected chi connectivity index (χ0v) is 15.9. The number of carbonyl (C=O) groups excluding carboxylic acids is 2. The minimum absolute atomic E-state index is 0.329. The molecule has 0 aliphatic rings. The molecule has 2 aromatic carbocycles. The third-order valence-corrected chi connectivity index (χ3v) is 3.75. The number of hydrogen-bond donors (Lipinski definition) is 1. The van der Waals surface area contributed by atoms with E-state index in [9.17, 15) is 9.59 Å².